The molecule has 0 bridgehead atoms. The first-order chi connectivity index (χ1) is 28.5. The van der Waals surface area contributed by atoms with Crippen LogP contribution in [0.25, 0.3) is 43.8 Å². The number of hydrogen-bond donors (Lipinski definition) is 0. The molecule has 0 saturated carbocycles. The molecule has 2 nitrogen and oxygen atoms in total. The Morgan fingerprint density at radius 2 is 0.672 bits per heavy atom. The number of benzene rings is 9. The Kier molecular flexibility index (Phi) is 10.1. The van der Waals surface area contributed by atoms with Gasteiger partial charge < -0.3 is 9.80 Å². The highest BCUT2D eigenvalue weighted by Gasteiger charge is 2.22. The number of aryl methyl sites for hydroxylation is 4. The first-order valence-corrected chi connectivity index (χ1v) is 20.5. The van der Waals surface area contributed by atoms with E-state index in [2.05, 4.69) is 232 Å². The van der Waals surface area contributed by atoms with Gasteiger partial charge in [-0.2, -0.15) is 0 Å². The van der Waals surface area contributed by atoms with Gasteiger partial charge in [0.1, 0.15) is 0 Å². The topological polar surface area (TPSA) is 6.48 Å². The van der Waals surface area contributed by atoms with E-state index in [1.807, 2.05) is 0 Å². The second-order valence-corrected chi connectivity index (χ2v) is 15.3. The van der Waals surface area contributed by atoms with Crippen LogP contribution in [0.2, 0.25) is 0 Å². The van der Waals surface area contributed by atoms with Gasteiger partial charge in [-0.05, 0) is 166 Å². The monoisotopic (exact) mass is 748 g/mol. The van der Waals surface area contributed by atoms with Gasteiger partial charge in [0, 0.05) is 34.1 Å². The summed E-state index contributed by atoms with van der Waals surface area (Å²) in [6, 6.07) is 71.6. The molecule has 0 aromatic heterocycles. The summed E-state index contributed by atoms with van der Waals surface area (Å²) in [6.07, 6.45) is 1.96. The number of para-hydroxylation sites is 2. The normalized spacial score (nSPS) is 11.2. The van der Waals surface area contributed by atoms with E-state index in [0.29, 0.717) is 0 Å². The summed E-state index contributed by atoms with van der Waals surface area (Å²) >= 11 is 0. The first-order valence-electron chi connectivity index (χ1n) is 20.5. The third-order valence-electron chi connectivity index (χ3n) is 11.3. The number of hydrogen-bond acceptors (Lipinski definition) is 2. The van der Waals surface area contributed by atoms with Gasteiger partial charge in [-0.1, -0.05) is 135 Å². The largest absolute Gasteiger partial charge is 0.310 e. The van der Waals surface area contributed by atoms with Crippen molar-refractivity contribution in [3.63, 3.8) is 0 Å². The predicted octanol–water partition coefficient (Wildman–Crippen LogP) is 16.0. The van der Waals surface area contributed by atoms with Gasteiger partial charge in [0.2, 0.25) is 0 Å². The van der Waals surface area contributed by atoms with E-state index in [-0.39, 0.29) is 0 Å². The van der Waals surface area contributed by atoms with Crippen molar-refractivity contribution in [2.45, 2.75) is 40.5 Å². The molecule has 0 aliphatic heterocycles. The summed E-state index contributed by atoms with van der Waals surface area (Å²) in [6.45, 7) is 8.87. The first kappa shape index (κ1) is 36.7. The van der Waals surface area contributed by atoms with Crippen LogP contribution in [0.15, 0.2) is 194 Å². The Balaban J connectivity index is 1.37. The molecule has 0 aliphatic rings. The van der Waals surface area contributed by atoms with Crippen LogP contribution in [0.3, 0.4) is 0 Å². The summed E-state index contributed by atoms with van der Waals surface area (Å²) in [4.78, 5) is 4.83. The van der Waals surface area contributed by atoms with Crippen molar-refractivity contribution < 1.29 is 0 Å². The zero-order valence-corrected chi connectivity index (χ0v) is 33.8. The highest BCUT2D eigenvalue weighted by Crippen LogP contribution is 2.48. The maximum Gasteiger partial charge on any atom is 0.0468 e. The number of nitrogens with zero attached hydrogens (tertiary/aromatic N) is 2. The fourth-order valence-electron chi connectivity index (χ4n) is 8.71. The molecule has 0 amide bonds. The van der Waals surface area contributed by atoms with Crippen molar-refractivity contribution in [1.82, 2.24) is 0 Å². The van der Waals surface area contributed by atoms with Crippen molar-refractivity contribution in [3.8, 4) is 22.3 Å². The summed E-state index contributed by atoms with van der Waals surface area (Å²) in [5.74, 6) is 0. The van der Waals surface area contributed by atoms with Crippen LogP contribution in [0.4, 0.5) is 34.1 Å². The molecule has 282 valence electrons. The van der Waals surface area contributed by atoms with Gasteiger partial charge >= 0.3 is 0 Å². The van der Waals surface area contributed by atoms with Crippen LogP contribution in [0.1, 0.15) is 36.1 Å². The number of anilines is 6. The smallest absolute Gasteiger partial charge is 0.0468 e. The van der Waals surface area contributed by atoms with Crippen molar-refractivity contribution in [2.75, 3.05) is 9.80 Å². The Hall–Kier alpha value is -6.90. The lowest BCUT2D eigenvalue weighted by molar-refractivity contribution is 1.12. The van der Waals surface area contributed by atoms with Crippen molar-refractivity contribution >= 4 is 55.7 Å². The fraction of sp³-hybridized carbons (Fsp3) is 0.107. The van der Waals surface area contributed by atoms with E-state index in [1.54, 1.807) is 0 Å². The molecule has 9 rings (SSSR count). The molecular weight excluding hydrogens is 701 g/mol. The number of fused-ring (bicyclic) bond motifs is 2. The maximum atomic E-state index is 2.42. The molecule has 0 saturated heterocycles. The standard InChI is InChI=1S/C56H48N2/c1-5-41-31-39(3)33-49(35-41)57(45-23-15-9-16-24-45)47-27-29-51-53(37-47)55(43-19-11-7-12-20-43)52-30-28-48(38-54(52)56(51)44-21-13-8-14-22-44)58(46-25-17-10-18-26-46)50-34-40(4)32-42(6-2)36-50/h7-38H,5-6H2,1-4H3. The lowest BCUT2D eigenvalue weighted by Crippen LogP contribution is -2.11. The molecule has 0 spiro atoms. The lowest BCUT2D eigenvalue weighted by atomic mass is 9.85. The van der Waals surface area contributed by atoms with E-state index < -0.39 is 0 Å². The van der Waals surface area contributed by atoms with Crippen LogP contribution in [0, 0.1) is 13.8 Å². The molecule has 9 aromatic carbocycles. The molecule has 0 heterocycles. The van der Waals surface area contributed by atoms with E-state index in [0.717, 1.165) is 35.6 Å². The lowest BCUT2D eigenvalue weighted by Gasteiger charge is -2.29. The van der Waals surface area contributed by atoms with Crippen LogP contribution in [0.5, 0.6) is 0 Å². The van der Waals surface area contributed by atoms with Crippen LogP contribution in [-0.2, 0) is 12.8 Å². The zero-order chi connectivity index (χ0) is 39.6. The maximum absolute atomic E-state index is 2.42. The molecule has 0 aliphatic carbocycles. The Morgan fingerprint density at radius 1 is 0.310 bits per heavy atom. The van der Waals surface area contributed by atoms with Gasteiger partial charge in [-0.3, -0.25) is 0 Å². The van der Waals surface area contributed by atoms with Crippen molar-refractivity contribution in [1.29, 1.82) is 0 Å². The third kappa shape index (κ3) is 7.03. The van der Waals surface area contributed by atoms with Crippen molar-refractivity contribution in [3.05, 3.63) is 216 Å². The molecule has 58 heavy (non-hydrogen) atoms. The quantitative estimate of drug-likeness (QED) is 0.129. The van der Waals surface area contributed by atoms with E-state index >= 15 is 0 Å². The molecule has 0 N–H and O–H groups in total. The van der Waals surface area contributed by atoms with Gasteiger partial charge in [-0.15, -0.1) is 0 Å². The highest BCUT2D eigenvalue weighted by molar-refractivity contribution is 6.22. The predicted molar refractivity (Wildman–Crippen MR) is 250 cm³/mol. The van der Waals surface area contributed by atoms with Gasteiger partial charge in [0.15, 0.2) is 0 Å². The van der Waals surface area contributed by atoms with E-state index in [1.165, 1.54) is 77.4 Å². The molecule has 0 radical (unpaired) electrons. The molecule has 9 aromatic rings. The Morgan fingerprint density at radius 3 is 1.03 bits per heavy atom. The minimum atomic E-state index is 0.979. The van der Waals surface area contributed by atoms with Crippen LogP contribution in [-0.4, -0.2) is 0 Å². The SMILES string of the molecule is CCc1cc(C)cc(N(c2ccccc2)c2ccc3c(-c4ccccc4)c4cc(N(c5ccccc5)c5cc(C)cc(CC)c5)ccc4c(-c4ccccc4)c3c2)c1. The second-order valence-electron chi connectivity index (χ2n) is 15.3. The zero-order valence-electron chi connectivity index (χ0n) is 33.8. The molecule has 0 atom stereocenters. The fourth-order valence-corrected chi connectivity index (χ4v) is 8.71. The summed E-state index contributed by atoms with van der Waals surface area (Å²) in [5, 5.41) is 4.89. The van der Waals surface area contributed by atoms with Gasteiger partial charge in [0.05, 0.1) is 0 Å². The van der Waals surface area contributed by atoms with Crippen LogP contribution < -0.4 is 9.80 Å². The molecular formula is C56H48N2. The van der Waals surface area contributed by atoms with Crippen molar-refractivity contribution in [2.24, 2.45) is 0 Å². The summed E-state index contributed by atoms with van der Waals surface area (Å²) in [5.41, 5.74) is 16.9. The second kappa shape index (κ2) is 15.9. The molecule has 2 heteroatoms. The molecule has 0 unspecified atom stereocenters. The van der Waals surface area contributed by atoms with Crippen LogP contribution >= 0.6 is 0 Å². The highest BCUT2D eigenvalue weighted by atomic mass is 15.1. The van der Waals surface area contributed by atoms with Gasteiger partial charge in [0.25, 0.3) is 0 Å². The Bertz CT molecular complexity index is 2660. The number of rotatable bonds is 10. The van der Waals surface area contributed by atoms with E-state index in [4.69, 9.17) is 0 Å². The average Bonchev–Trinajstić information content (AvgIpc) is 3.26. The Labute approximate surface area is 343 Å². The van der Waals surface area contributed by atoms with E-state index in [9.17, 15) is 0 Å². The average molecular weight is 749 g/mol. The minimum absolute atomic E-state index is 0.979. The minimum Gasteiger partial charge on any atom is -0.310 e. The van der Waals surface area contributed by atoms with Gasteiger partial charge in [-0.25, -0.2) is 0 Å². The molecule has 0 fully saturated rings. The summed E-state index contributed by atoms with van der Waals surface area (Å²) in [7, 11) is 0. The third-order valence-corrected chi connectivity index (χ3v) is 11.3. The summed E-state index contributed by atoms with van der Waals surface area (Å²) < 4.78 is 0.